The number of hydrogen-bond acceptors (Lipinski definition) is 8. The van der Waals surface area contributed by atoms with Crippen LogP contribution >= 0.6 is 0 Å². The Balaban J connectivity index is 1.62. The molecule has 2 amide bonds. The van der Waals surface area contributed by atoms with E-state index in [1.807, 2.05) is 0 Å². The fourth-order valence-corrected chi connectivity index (χ4v) is 5.51. The Morgan fingerprint density at radius 2 is 1.34 bits per heavy atom. The first-order valence-corrected chi connectivity index (χ1v) is 16.6. The van der Waals surface area contributed by atoms with Gasteiger partial charge in [0.15, 0.2) is 0 Å². The molecule has 0 aliphatic carbocycles. The van der Waals surface area contributed by atoms with E-state index in [0.29, 0.717) is 16.7 Å². The van der Waals surface area contributed by atoms with Gasteiger partial charge in [-0.3, -0.25) is 24.0 Å². The normalized spacial score (nSPS) is 11.3. The van der Waals surface area contributed by atoms with Crippen LogP contribution in [0, 0.1) is 6.92 Å². The largest absolute Gasteiger partial charge is 0.465 e. The minimum absolute atomic E-state index is 0.0357. The number of anilines is 1. The number of rotatable bonds is 13. The maximum absolute atomic E-state index is 13.7. The topological polar surface area (TPSA) is 128 Å². The number of alkyl halides is 3. The predicted octanol–water partition coefficient (Wildman–Crippen LogP) is 6.78. The van der Waals surface area contributed by atoms with Gasteiger partial charge in [-0.1, -0.05) is 66.2 Å². The van der Waals surface area contributed by atoms with Gasteiger partial charge in [0.25, 0.3) is 11.8 Å². The van der Waals surface area contributed by atoms with Crippen molar-refractivity contribution in [1.29, 1.82) is 0 Å². The number of halogens is 3. The number of carbonyl (C=O) groups excluding carboxylic acids is 5. The molecule has 0 unspecified atom stereocenters. The van der Waals surface area contributed by atoms with Gasteiger partial charge in [-0.05, 0) is 73.4 Å². The van der Waals surface area contributed by atoms with E-state index >= 15 is 0 Å². The Kier molecular flexibility index (Phi) is 12.8. The van der Waals surface area contributed by atoms with Crippen molar-refractivity contribution in [3.63, 3.8) is 0 Å². The van der Waals surface area contributed by atoms with E-state index in [-0.39, 0.29) is 42.0 Å². The number of nitrogens with one attached hydrogen (secondary N) is 1. The van der Waals surface area contributed by atoms with Crippen LogP contribution in [-0.2, 0) is 46.6 Å². The molecule has 4 aromatic rings. The number of hydrogen-bond donors (Lipinski definition) is 1. The third-order valence-corrected chi connectivity index (χ3v) is 8.22. The number of benzene rings is 4. The third kappa shape index (κ3) is 9.28. The third-order valence-electron chi connectivity index (χ3n) is 8.22. The minimum Gasteiger partial charge on any atom is -0.465 e. The molecule has 13 heteroatoms. The quantitative estimate of drug-likeness (QED) is 0.0905. The van der Waals surface area contributed by atoms with E-state index in [2.05, 4.69) is 5.32 Å². The molecule has 0 atom stereocenters. The van der Waals surface area contributed by atoms with Crippen LogP contribution in [0.5, 0.6) is 0 Å². The molecule has 1 N–H and O–H groups in total. The summed E-state index contributed by atoms with van der Waals surface area (Å²) in [5.74, 6) is -3.87. The molecule has 53 heavy (non-hydrogen) atoms. The molecule has 278 valence electrons. The molecule has 0 bridgehead atoms. The van der Waals surface area contributed by atoms with Gasteiger partial charge in [0.05, 0.1) is 36.4 Å². The molecule has 0 saturated carbocycles. The van der Waals surface area contributed by atoms with Crippen LogP contribution in [0.15, 0.2) is 91.0 Å². The number of esters is 3. The summed E-state index contributed by atoms with van der Waals surface area (Å²) in [7, 11) is 3.01. The summed E-state index contributed by atoms with van der Waals surface area (Å²) in [5.41, 5.74) is -0.581. The number of carbonyl (C=O) groups is 5. The first-order chi connectivity index (χ1) is 25.1. The molecule has 0 fully saturated rings. The predicted molar refractivity (Wildman–Crippen MR) is 190 cm³/mol. The summed E-state index contributed by atoms with van der Waals surface area (Å²) in [4.78, 5) is 68.1. The van der Waals surface area contributed by atoms with Crippen molar-refractivity contribution in [2.45, 2.75) is 38.8 Å². The molecule has 0 aromatic heterocycles. The molecular formula is C40H39F3N2O8. The van der Waals surface area contributed by atoms with Gasteiger partial charge in [0.2, 0.25) is 5.41 Å². The zero-order valence-corrected chi connectivity index (χ0v) is 29.8. The summed E-state index contributed by atoms with van der Waals surface area (Å²) < 4.78 is 55.6. The standard InChI is InChI=1S/C40H39F3N2O8/c1-6-51-37(49)39(38(50)52-7-2,28-11-9-8-10-12-28)24-53-34(46)23-26-14-20-33(32(22-26)36(48)45(4)5)44-35(47)30-19-13-25(3)21-31(30)27-15-17-29(18-16-27)40(41,42)43/h8-22H,6-7,23-24H2,1-5H3,(H,44,47). The zero-order chi connectivity index (χ0) is 38.9. The van der Waals surface area contributed by atoms with E-state index in [0.717, 1.165) is 17.7 Å². The van der Waals surface area contributed by atoms with Crippen LogP contribution in [0.25, 0.3) is 11.1 Å². The molecule has 10 nitrogen and oxygen atoms in total. The number of amides is 2. The number of nitrogens with zero attached hydrogens (tertiary/aromatic N) is 1. The van der Waals surface area contributed by atoms with Crippen LogP contribution in [0.3, 0.4) is 0 Å². The van der Waals surface area contributed by atoms with Crippen molar-refractivity contribution in [1.82, 2.24) is 4.90 Å². The Morgan fingerprint density at radius 3 is 1.91 bits per heavy atom. The van der Waals surface area contributed by atoms with Crippen molar-refractivity contribution in [3.8, 4) is 11.1 Å². The lowest BCUT2D eigenvalue weighted by atomic mass is 9.81. The van der Waals surface area contributed by atoms with Crippen molar-refractivity contribution in [2.24, 2.45) is 0 Å². The van der Waals surface area contributed by atoms with Crippen LogP contribution in [0.4, 0.5) is 18.9 Å². The van der Waals surface area contributed by atoms with E-state index in [4.69, 9.17) is 14.2 Å². The van der Waals surface area contributed by atoms with Gasteiger partial charge >= 0.3 is 24.1 Å². The second-order valence-corrected chi connectivity index (χ2v) is 12.2. The smallest absolute Gasteiger partial charge is 0.416 e. The van der Waals surface area contributed by atoms with Crippen LogP contribution in [-0.4, -0.2) is 68.5 Å². The summed E-state index contributed by atoms with van der Waals surface area (Å²) in [6.07, 6.45) is -4.91. The molecule has 0 aliphatic rings. The number of ether oxygens (including phenoxy) is 3. The van der Waals surface area contributed by atoms with Crippen molar-refractivity contribution in [2.75, 3.05) is 39.2 Å². The second kappa shape index (κ2) is 17.0. The van der Waals surface area contributed by atoms with E-state index in [1.165, 1.54) is 67.5 Å². The summed E-state index contributed by atoms with van der Waals surface area (Å²) >= 11 is 0. The Labute approximate surface area is 304 Å². The summed E-state index contributed by atoms with van der Waals surface area (Å²) in [6.45, 7) is 4.11. The molecule has 0 heterocycles. The van der Waals surface area contributed by atoms with Crippen LogP contribution < -0.4 is 5.32 Å². The monoisotopic (exact) mass is 732 g/mol. The Hall–Kier alpha value is -5.98. The molecule has 0 spiro atoms. The van der Waals surface area contributed by atoms with Crippen molar-refractivity contribution in [3.05, 3.63) is 124 Å². The lowest BCUT2D eigenvalue weighted by Gasteiger charge is -2.29. The Morgan fingerprint density at radius 1 is 0.717 bits per heavy atom. The maximum atomic E-state index is 13.7. The average Bonchev–Trinajstić information content (AvgIpc) is 3.12. The molecule has 0 saturated heterocycles. The van der Waals surface area contributed by atoms with Gasteiger partial charge in [-0.15, -0.1) is 0 Å². The molecular weight excluding hydrogens is 693 g/mol. The number of aryl methyl sites for hydroxylation is 1. The first-order valence-electron chi connectivity index (χ1n) is 16.6. The van der Waals surface area contributed by atoms with Gasteiger partial charge in [0, 0.05) is 19.7 Å². The summed E-state index contributed by atoms with van der Waals surface area (Å²) in [6, 6.07) is 21.6. The molecule has 4 aromatic carbocycles. The highest BCUT2D eigenvalue weighted by Crippen LogP contribution is 2.33. The van der Waals surface area contributed by atoms with Crippen molar-refractivity contribution < 1.29 is 51.4 Å². The van der Waals surface area contributed by atoms with E-state index in [9.17, 15) is 37.1 Å². The highest BCUT2D eigenvalue weighted by atomic mass is 19.4. The minimum atomic E-state index is -4.53. The highest BCUT2D eigenvalue weighted by molar-refractivity contribution is 6.12. The molecule has 0 radical (unpaired) electrons. The lowest BCUT2D eigenvalue weighted by molar-refractivity contribution is -0.170. The van der Waals surface area contributed by atoms with Gasteiger partial charge in [-0.25, -0.2) is 0 Å². The maximum Gasteiger partial charge on any atom is 0.416 e. The average molecular weight is 733 g/mol. The van der Waals surface area contributed by atoms with Crippen molar-refractivity contribution >= 4 is 35.4 Å². The molecule has 0 aliphatic heterocycles. The first kappa shape index (κ1) is 39.8. The SMILES string of the molecule is CCOC(=O)C(COC(=O)Cc1ccc(NC(=O)c2ccc(C)cc2-c2ccc(C(F)(F)F)cc2)c(C(=O)N(C)C)c1)(C(=O)OCC)c1ccccc1. The second-order valence-electron chi connectivity index (χ2n) is 12.2. The fraction of sp³-hybridized carbons (Fsp3) is 0.275. The van der Waals surface area contributed by atoms with Gasteiger partial charge < -0.3 is 24.4 Å². The van der Waals surface area contributed by atoms with Crippen LogP contribution in [0.2, 0.25) is 0 Å². The fourth-order valence-electron chi connectivity index (χ4n) is 5.51. The van der Waals surface area contributed by atoms with E-state index < -0.39 is 53.5 Å². The van der Waals surface area contributed by atoms with E-state index in [1.54, 1.807) is 51.1 Å². The summed E-state index contributed by atoms with van der Waals surface area (Å²) in [5, 5.41) is 2.74. The Bertz CT molecular complexity index is 1960. The van der Waals surface area contributed by atoms with Gasteiger partial charge in [0.1, 0.15) is 6.61 Å². The zero-order valence-electron chi connectivity index (χ0n) is 29.8. The van der Waals surface area contributed by atoms with Gasteiger partial charge in [-0.2, -0.15) is 13.2 Å². The highest BCUT2D eigenvalue weighted by Gasteiger charge is 2.52. The lowest BCUT2D eigenvalue weighted by Crippen LogP contribution is -2.50. The molecule has 4 rings (SSSR count). The van der Waals surface area contributed by atoms with Crippen LogP contribution in [0.1, 0.15) is 56.8 Å².